The molecule has 1 aromatic rings. The summed E-state index contributed by atoms with van der Waals surface area (Å²) in [6, 6.07) is 0.481. The number of likely N-dealkylation sites (tertiary alicyclic amines) is 1. The minimum atomic E-state index is 0.481. The van der Waals surface area contributed by atoms with Gasteiger partial charge in [0.2, 0.25) is 5.95 Å². The fraction of sp³-hybridized carbons (Fsp3) is 0.833. The van der Waals surface area contributed by atoms with Gasteiger partial charge < -0.3 is 15.1 Å². The molecule has 2 saturated heterocycles. The maximum atomic E-state index is 5.11. The van der Waals surface area contributed by atoms with Gasteiger partial charge in [-0.2, -0.15) is 4.98 Å². The molecule has 2 aliphatic heterocycles. The number of anilines is 2. The lowest BCUT2D eigenvalue weighted by Crippen LogP contribution is -2.44. The van der Waals surface area contributed by atoms with Gasteiger partial charge in [0.15, 0.2) is 0 Å². The van der Waals surface area contributed by atoms with Crippen molar-refractivity contribution in [3.8, 4) is 0 Å². The van der Waals surface area contributed by atoms with Crippen LogP contribution in [-0.4, -0.2) is 53.6 Å². The molecule has 3 aliphatic rings. The second-order valence-corrected chi connectivity index (χ2v) is 9.48. The van der Waals surface area contributed by atoms with Crippen molar-refractivity contribution in [2.24, 2.45) is 5.92 Å². The number of hydrogen-bond acceptors (Lipinski definition) is 5. The third kappa shape index (κ3) is 5.22. The standard InChI is InChI=1S/C24H41N5/c1-3-19(4-2)17-28-14-10-11-20(18-28)25-24-26-22-13-9-12-21(22)23(27-24)29-15-7-5-6-8-16-29/h19-20H,3-18H2,1-2H3,(H,25,26,27)/t20-/m1/s1. The number of nitrogens with one attached hydrogen (secondary N) is 1. The van der Waals surface area contributed by atoms with Crippen molar-refractivity contribution in [1.82, 2.24) is 14.9 Å². The molecule has 29 heavy (non-hydrogen) atoms. The molecule has 0 amide bonds. The lowest BCUT2D eigenvalue weighted by Gasteiger charge is -2.35. The monoisotopic (exact) mass is 399 g/mol. The second-order valence-electron chi connectivity index (χ2n) is 9.48. The molecule has 0 bridgehead atoms. The van der Waals surface area contributed by atoms with Gasteiger partial charge in [0.1, 0.15) is 5.82 Å². The third-order valence-corrected chi connectivity index (χ3v) is 7.33. The Balaban J connectivity index is 1.46. The maximum Gasteiger partial charge on any atom is 0.225 e. The van der Waals surface area contributed by atoms with E-state index in [1.54, 1.807) is 0 Å². The summed E-state index contributed by atoms with van der Waals surface area (Å²) in [5.74, 6) is 2.97. The van der Waals surface area contributed by atoms with Crippen LogP contribution >= 0.6 is 0 Å². The van der Waals surface area contributed by atoms with E-state index in [1.807, 2.05) is 0 Å². The van der Waals surface area contributed by atoms with Crippen molar-refractivity contribution >= 4 is 11.8 Å². The van der Waals surface area contributed by atoms with E-state index in [0.29, 0.717) is 6.04 Å². The van der Waals surface area contributed by atoms with Crippen molar-refractivity contribution in [2.75, 3.05) is 42.9 Å². The average Bonchev–Trinajstić information content (AvgIpc) is 3.04. The van der Waals surface area contributed by atoms with Gasteiger partial charge in [-0.1, -0.05) is 39.5 Å². The van der Waals surface area contributed by atoms with E-state index in [2.05, 4.69) is 29.0 Å². The van der Waals surface area contributed by atoms with Crippen molar-refractivity contribution in [2.45, 2.75) is 90.5 Å². The van der Waals surface area contributed by atoms with Crippen LogP contribution in [-0.2, 0) is 12.8 Å². The summed E-state index contributed by atoms with van der Waals surface area (Å²) in [5, 5.41) is 3.75. The Labute approximate surface area is 177 Å². The first kappa shape index (κ1) is 20.9. The molecule has 5 nitrogen and oxygen atoms in total. The van der Waals surface area contributed by atoms with Gasteiger partial charge in [0.25, 0.3) is 0 Å². The molecule has 5 heteroatoms. The highest BCUT2D eigenvalue weighted by molar-refractivity contribution is 5.54. The molecule has 3 heterocycles. The number of aromatic nitrogens is 2. The lowest BCUT2D eigenvalue weighted by molar-refractivity contribution is 0.181. The van der Waals surface area contributed by atoms with Crippen molar-refractivity contribution in [3.63, 3.8) is 0 Å². The normalized spacial score (nSPS) is 23.3. The molecule has 2 fully saturated rings. The number of hydrogen-bond donors (Lipinski definition) is 1. The summed E-state index contributed by atoms with van der Waals surface area (Å²) < 4.78 is 0. The topological polar surface area (TPSA) is 44.3 Å². The highest BCUT2D eigenvalue weighted by atomic mass is 15.3. The number of nitrogens with zero attached hydrogens (tertiary/aromatic N) is 4. The van der Waals surface area contributed by atoms with Crippen LogP contribution in [0.4, 0.5) is 11.8 Å². The predicted molar refractivity (Wildman–Crippen MR) is 122 cm³/mol. The highest BCUT2D eigenvalue weighted by Crippen LogP contribution is 2.31. The summed E-state index contributed by atoms with van der Waals surface area (Å²) in [5.41, 5.74) is 2.75. The average molecular weight is 400 g/mol. The summed E-state index contributed by atoms with van der Waals surface area (Å²) in [7, 11) is 0. The van der Waals surface area contributed by atoms with Crippen molar-refractivity contribution < 1.29 is 0 Å². The number of piperidine rings is 1. The zero-order valence-corrected chi connectivity index (χ0v) is 18.8. The Morgan fingerprint density at radius 1 is 0.931 bits per heavy atom. The Kier molecular flexibility index (Phi) is 7.28. The van der Waals surface area contributed by atoms with E-state index in [4.69, 9.17) is 9.97 Å². The van der Waals surface area contributed by atoms with E-state index in [0.717, 1.165) is 44.3 Å². The van der Waals surface area contributed by atoms with Crippen molar-refractivity contribution in [3.05, 3.63) is 11.3 Å². The number of rotatable bonds is 7. The van der Waals surface area contributed by atoms with Crippen LogP contribution in [0.15, 0.2) is 0 Å². The van der Waals surface area contributed by atoms with Gasteiger partial charge in [0, 0.05) is 37.8 Å². The van der Waals surface area contributed by atoms with Gasteiger partial charge in [-0.05, 0) is 57.4 Å². The quantitative estimate of drug-likeness (QED) is 0.722. The van der Waals surface area contributed by atoms with Crippen LogP contribution in [0, 0.1) is 5.92 Å². The minimum Gasteiger partial charge on any atom is -0.356 e. The minimum absolute atomic E-state index is 0.481. The molecule has 1 N–H and O–H groups in total. The Morgan fingerprint density at radius 2 is 1.72 bits per heavy atom. The third-order valence-electron chi connectivity index (χ3n) is 7.33. The van der Waals surface area contributed by atoms with Crippen LogP contribution in [0.1, 0.15) is 82.9 Å². The SMILES string of the molecule is CCC(CC)CN1CCC[C@@H](Nc2nc3c(c(N4CCCCCC4)n2)CCC3)C1. The summed E-state index contributed by atoms with van der Waals surface area (Å²) >= 11 is 0. The van der Waals surface area contributed by atoms with Crippen LogP contribution < -0.4 is 10.2 Å². The van der Waals surface area contributed by atoms with Crippen LogP contribution in [0.5, 0.6) is 0 Å². The zero-order valence-electron chi connectivity index (χ0n) is 18.8. The zero-order chi connectivity index (χ0) is 20.1. The Bertz CT molecular complexity index is 649. The second kappa shape index (κ2) is 10.1. The van der Waals surface area contributed by atoms with Gasteiger partial charge in [-0.25, -0.2) is 4.98 Å². The first-order valence-corrected chi connectivity index (χ1v) is 12.4. The van der Waals surface area contributed by atoms with E-state index >= 15 is 0 Å². The molecule has 162 valence electrons. The fourth-order valence-corrected chi connectivity index (χ4v) is 5.46. The lowest BCUT2D eigenvalue weighted by atomic mass is 9.99. The molecule has 1 aliphatic carbocycles. The van der Waals surface area contributed by atoms with Crippen LogP contribution in [0.3, 0.4) is 0 Å². The highest BCUT2D eigenvalue weighted by Gasteiger charge is 2.26. The molecule has 1 aromatic heterocycles. The molecule has 0 aromatic carbocycles. The first-order chi connectivity index (χ1) is 14.3. The van der Waals surface area contributed by atoms with E-state index in [9.17, 15) is 0 Å². The molecule has 0 radical (unpaired) electrons. The summed E-state index contributed by atoms with van der Waals surface area (Å²) in [4.78, 5) is 15.3. The van der Waals surface area contributed by atoms with Gasteiger partial charge in [0.05, 0.1) is 5.69 Å². The molecular formula is C24H41N5. The maximum absolute atomic E-state index is 5.11. The largest absolute Gasteiger partial charge is 0.356 e. The number of aryl methyl sites for hydroxylation is 1. The predicted octanol–water partition coefficient (Wildman–Crippen LogP) is 4.66. The van der Waals surface area contributed by atoms with Gasteiger partial charge in [-0.15, -0.1) is 0 Å². The van der Waals surface area contributed by atoms with Gasteiger partial charge in [-0.3, -0.25) is 0 Å². The molecule has 4 rings (SSSR count). The van der Waals surface area contributed by atoms with Crippen LogP contribution in [0.2, 0.25) is 0 Å². The summed E-state index contributed by atoms with van der Waals surface area (Å²) in [6.07, 6.45) is 13.9. The van der Waals surface area contributed by atoms with E-state index < -0.39 is 0 Å². The molecule has 0 spiro atoms. The van der Waals surface area contributed by atoms with Crippen molar-refractivity contribution in [1.29, 1.82) is 0 Å². The van der Waals surface area contributed by atoms with E-state index in [1.165, 1.54) is 88.0 Å². The Hall–Kier alpha value is -1.36. The molecule has 0 unspecified atom stereocenters. The van der Waals surface area contributed by atoms with E-state index in [-0.39, 0.29) is 0 Å². The first-order valence-electron chi connectivity index (χ1n) is 12.4. The Morgan fingerprint density at radius 3 is 2.48 bits per heavy atom. The molecule has 0 saturated carbocycles. The fourth-order valence-electron chi connectivity index (χ4n) is 5.46. The molecular weight excluding hydrogens is 358 g/mol. The van der Waals surface area contributed by atoms with Crippen LogP contribution in [0.25, 0.3) is 0 Å². The number of fused-ring (bicyclic) bond motifs is 1. The summed E-state index contributed by atoms with van der Waals surface area (Å²) in [6.45, 7) is 10.6. The van der Waals surface area contributed by atoms with Gasteiger partial charge >= 0.3 is 0 Å². The smallest absolute Gasteiger partial charge is 0.225 e. The molecule has 1 atom stereocenters.